The third kappa shape index (κ3) is 4.63. The smallest absolute Gasteiger partial charge is 0.223 e. The first-order valence-corrected chi connectivity index (χ1v) is 6.42. The molecule has 0 spiro atoms. The molecule has 8 heteroatoms. The quantitative estimate of drug-likeness (QED) is 0.353. The lowest BCUT2D eigenvalue weighted by Crippen LogP contribution is -2.36. The van der Waals surface area contributed by atoms with Crippen LogP contribution in [0.4, 0.5) is 17.6 Å². The Labute approximate surface area is 104 Å². The zero-order chi connectivity index (χ0) is 12.9. The van der Waals surface area contributed by atoms with Crippen molar-refractivity contribution in [3.05, 3.63) is 6.07 Å². The minimum atomic E-state index is -0.810. The first-order valence-electron chi connectivity index (χ1n) is 5.03. The van der Waals surface area contributed by atoms with Crippen molar-refractivity contribution in [2.24, 2.45) is 5.84 Å². The summed E-state index contributed by atoms with van der Waals surface area (Å²) in [5, 5.41) is 13.0. The van der Waals surface area contributed by atoms with Crippen LogP contribution in [0.5, 0.6) is 0 Å². The molecular formula is C9H18N6OS. The molecule has 7 N–H and O–H groups in total. The normalized spacial score (nSPS) is 14.1. The third-order valence-corrected chi connectivity index (χ3v) is 2.91. The predicted octanol–water partition coefficient (Wildman–Crippen LogP) is -0.130. The number of nitrogen functional groups attached to an aromatic ring is 2. The molecule has 1 unspecified atom stereocenters. The summed E-state index contributed by atoms with van der Waals surface area (Å²) >= 11 is 1.57. The maximum Gasteiger partial charge on any atom is 0.223 e. The van der Waals surface area contributed by atoms with E-state index in [1.165, 1.54) is 0 Å². The molecule has 0 fully saturated rings. The Morgan fingerprint density at radius 3 is 2.71 bits per heavy atom. The van der Waals surface area contributed by atoms with Gasteiger partial charge in [-0.25, -0.2) is 5.84 Å². The summed E-state index contributed by atoms with van der Waals surface area (Å²) in [6.07, 6.45) is 1.94. The summed E-state index contributed by atoms with van der Waals surface area (Å²) in [4.78, 5) is 7.84. The lowest BCUT2D eigenvalue weighted by molar-refractivity contribution is 0.0996. The van der Waals surface area contributed by atoms with Gasteiger partial charge in [-0.15, -0.1) is 0 Å². The van der Waals surface area contributed by atoms with E-state index in [1.807, 2.05) is 6.26 Å². The Morgan fingerprint density at radius 2 is 2.12 bits per heavy atom. The molecule has 0 radical (unpaired) electrons. The number of nitrogens with zero attached hydrogens (tertiary/aromatic N) is 2. The van der Waals surface area contributed by atoms with E-state index in [9.17, 15) is 5.11 Å². The third-order valence-electron chi connectivity index (χ3n) is 2.00. The van der Waals surface area contributed by atoms with Crippen LogP contribution in [0.2, 0.25) is 0 Å². The number of anilines is 3. The minimum Gasteiger partial charge on any atom is -0.387 e. The van der Waals surface area contributed by atoms with E-state index >= 15 is 0 Å². The molecule has 96 valence electrons. The second-order valence-electron chi connectivity index (χ2n) is 3.92. The van der Waals surface area contributed by atoms with Crippen LogP contribution in [-0.2, 0) is 0 Å². The van der Waals surface area contributed by atoms with Crippen molar-refractivity contribution in [3.63, 3.8) is 0 Å². The van der Waals surface area contributed by atoms with Crippen LogP contribution >= 0.6 is 11.8 Å². The molecule has 0 saturated carbocycles. The second kappa shape index (κ2) is 5.89. The van der Waals surface area contributed by atoms with Gasteiger partial charge in [0.25, 0.3) is 0 Å². The van der Waals surface area contributed by atoms with Crippen molar-refractivity contribution >= 4 is 29.3 Å². The van der Waals surface area contributed by atoms with Gasteiger partial charge in [-0.05, 0) is 13.2 Å². The number of hydrazine groups is 1. The van der Waals surface area contributed by atoms with E-state index in [0.717, 1.165) is 0 Å². The summed E-state index contributed by atoms with van der Waals surface area (Å²) < 4.78 is 0. The van der Waals surface area contributed by atoms with Gasteiger partial charge < -0.3 is 21.6 Å². The maximum atomic E-state index is 9.97. The Balaban J connectivity index is 2.65. The van der Waals surface area contributed by atoms with Crippen molar-refractivity contribution in [1.29, 1.82) is 0 Å². The standard InChI is InChI=1S/C9H18N6OS/c1-9(16,5-17-2)4-12-6-3-7(15-11)14-8(10)13-6/h3,16H,4-5,11H2,1-2H3,(H4,10,12,13,14,15). The molecule has 0 amide bonds. The molecule has 0 aliphatic heterocycles. The number of nitrogens with one attached hydrogen (secondary N) is 2. The van der Waals surface area contributed by atoms with E-state index in [-0.39, 0.29) is 5.95 Å². The van der Waals surface area contributed by atoms with Gasteiger partial charge in [0.1, 0.15) is 11.6 Å². The molecule has 0 saturated heterocycles. The highest BCUT2D eigenvalue weighted by Gasteiger charge is 2.19. The van der Waals surface area contributed by atoms with E-state index < -0.39 is 5.60 Å². The molecule has 0 bridgehead atoms. The van der Waals surface area contributed by atoms with Crippen molar-refractivity contribution in [2.75, 3.05) is 35.0 Å². The van der Waals surface area contributed by atoms with E-state index in [4.69, 9.17) is 11.6 Å². The molecule has 0 aromatic carbocycles. The SMILES string of the molecule is CSCC(C)(O)CNc1cc(NN)nc(N)n1. The number of hydrogen-bond acceptors (Lipinski definition) is 8. The number of nitrogens with two attached hydrogens (primary N) is 2. The summed E-state index contributed by atoms with van der Waals surface area (Å²) in [5.41, 5.74) is 7.09. The molecule has 17 heavy (non-hydrogen) atoms. The molecule has 1 rings (SSSR count). The summed E-state index contributed by atoms with van der Waals surface area (Å²) in [6.45, 7) is 2.12. The fourth-order valence-electron chi connectivity index (χ4n) is 1.27. The van der Waals surface area contributed by atoms with Crippen LogP contribution in [-0.4, -0.2) is 39.2 Å². The monoisotopic (exact) mass is 258 g/mol. The summed E-state index contributed by atoms with van der Waals surface area (Å²) in [7, 11) is 0. The summed E-state index contributed by atoms with van der Waals surface area (Å²) in [6, 6.07) is 1.62. The lowest BCUT2D eigenvalue weighted by Gasteiger charge is -2.22. The van der Waals surface area contributed by atoms with E-state index in [2.05, 4.69) is 20.7 Å². The maximum absolute atomic E-state index is 9.97. The number of aliphatic hydroxyl groups is 1. The van der Waals surface area contributed by atoms with Gasteiger partial charge >= 0.3 is 0 Å². The average Bonchev–Trinajstić information content (AvgIpc) is 2.26. The van der Waals surface area contributed by atoms with Gasteiger partial charge in [-0.2, -0.15) is 21.7 Å². The van der Waals surface area contributed by atoms with Gasteiger partial charge in [0, 0.05) is 18.4 Å². The van der Waals surface area contributed by atoms with Crippen LogP contribution in [0.1, 0.15) is 6.92 Å². The molecule has 1 aromatic heterocycles. The van der Waals surface area contributed by atoms with Gasteiger partial charge in [0.2, 0.25) is 5.95 Å². The first kappa shape index (κ1) is 13.8. The molecule has 0 aliphatic carbocycles. The second-order valence-corrected chi connectivity index (χ2v) is 4.79. The van der Waals surface area contributed by atoms with Gasteiger partial charge in [-0.1, -0.05) is 0 Å². The lowest BCUT2D eigenvalue weighted by atomic mass is 10.1. The van der Waals surface area contributed by atoms with Gasteiger partial charge in [-0.3, -0.25) is 0 Å². The van der Waals surface area contributed by atoms with Crippen LogP contribution in [0.25, 0.3) is 0 Å². The Kier molecular flexibility index (Phi) is 4.79. The first-order chi connectivity index (χ1) is 7.96. The van der Waals surface area contributed by atoms with Crippen molar-refractivity contribution in [2.45, 2.75) is 12.5 Å². The molecule has 1 heterocycles. The highest BCUT2D eigenvalue weighted by molar-refractivity contribution is 7.98. The number of rotatable bonds is 6. The largest absolute Gasteiger partial charge is 0.387 e. The number of hydrogen-bond donors (Lipinski definition) is 5. The van der Waals surface area contributed by atoms with E-state index in [0.29, 0.717) is 23.9 Å². The van der Waals surface area contributed by atoms with Crippen LogP contribution in [0, 0.1) is 0 Å². The highest BCUT2D eigenvalue weighted by atomic mass is 32.2. The molecule has 7 nitrogen and oxygen atoms in total. The van der Waals surface area contributed by atoms with Gasteiger partial charge in [0.05, 0.1) is 5.60 Å². The fraction of sp³-hybridized carbons (Fsp3) is 0.556. The van der Waals surface area contributed by atoms with Crippen molar-refractivity contribution in [3.8, 4) is 0 Å². The number of thioether (sulfide) groups is 1. The predicted molar refractivity (Wildman–Crippen MR) is 71.8 cm³/mol. The molecular weight excluding hydrogens is 240 g/mol. The number of aromatic nitrogens is 2. The van der Waals surface area contributed by atoms with Crippen LogP contribution in [0.3, 0.4) is 0 Å². The minimum absolute atomic E-state index is 0.118. The highest BCUT2D eigenvalue weighted by Crippen LogP contribution is 2.15. The molecule has 0 aliphatic rings. The zero-order valence-corrected chi connectivity index (χ0v) is 10.7. The Bertz CT molecular complexity index is 373. The fourth-order valence-corrected chi connectivity index (χ4v) is 2.00. The molecule has 1 atom stereocenters. The van der Waals surface area contributed by atoms with Crippen molar-refractivity contribution in [1.82, 2.24) is 9.97 Å². The average molecular weight is 258 g/mol. The molecule has 1 aromatic rings. The van der Waals surface area contributed by atoms with Crippen LogP contribution < -0.4 is 22.3 Å². The Hall–Kier alpha value is -1.25. The van der Waals surface area contributed by atoms with E-state index in [1.54, 1.807) is 24.8 Å². The summed E-state index contributed by atoms with van der Waals surface area (Å²) in [5.74, 6) is 6.93. The van der Waals surface area contributed by atoms with Crippen molar-refractivity contribution < 1.29 is 5.11 Å². The van der Waals surface area contributed by atoms with Gasteiger partial charge in [0.15, 0.2) is 0 Å². The van der Waals surface area contributed by atoms with Crippen LogP contribution in [0.15, 0.2) is 6.07 Å². The Morgan fingerprint density at radius 1 is 1.47 bits per heavy atom. The zero-order valence-electron chi connectivity index (χ0n) is 9.90. The topological polar surface area (TPSA) is 122 Å².